The fourth-order valence-electron chi connectivity index (χ4n) is 5.51. The molecule has 2 amide bonds. The first kappa shape index (κ1) is 28.8. The summed E-state index contributed by atoms with van der Waals surface area (Å²) < 4.78 is 0. The maximum absolute atomic E-state index is 11.7. The Morgan fingerprint density at radius 2 is 1.37 bits per heavy atom. The molecular weight excluding hydrogens is 521 g/mol. The van der Waals surface area contributed by atoms with E-state index < -0.39 is 0 Å². The summed E-state index contributed by atoms with van der Waals surface area (Å²) in [5, 5.41) is 7.24. The number of nitrogens with two attached hydrogens (primary N) is 1. The van der Waals surface area contributed by atoms with Gasteiger partial charge in [-0.25, -0.2) is 0 Å². The fraction of sp³-hybridized carbons (Fsp3) is 0.517. The highest BCUT2D eigenvalue weighted by atomic mass is 35.5. The molecule has 0 bridgehead atoms. The molecule has 2 saturated heterocycles. The van der Waals surface area contributed by atoms with Gasteiger partial charge in [-0.05, 0) is 97.3 Å². The van der Waals surface area contributed by atoms with Crippen LogP contribution in [0.1, 0.15) is 43.7 Å². The smallest absolute Gasteiger partial charge is 0.233 e. The van der Waals surface area contributed by atoms with Gasteiger partial charge in [-0.3, -0.25) is 19.4 Å². The fourth-order valence-corrected chi connectivity index (χ4v) is 6.03. The van der Waals surface area contributed by atoms with Gasteiger partial charge in [0.15, 0.2) is 0 Å². The van der Waals surface area contributed by atoms with E-state index in [-0.39, 0.29) is 24.4 Å². The van der Waals surface area contributed by atoms with Crippen LogP contribution in [-0.4, -0.2) is 66.9 Å². The standard InChI is InChI=1S/C29H39Cl2N5O2/c1-20(37)33-17-21-2-6-35(7-3-21)18-22-10-23(12-24(11-22)25-13-26(30)15-27(31)14-25)19-36-8-4-28(5-9-36)34-29(38)16-32/h10-15,21,28H,2-9,16-19,32H2,1H3,(H,33,37)(H,34,38). The lowest BCUT2D eigenvalue weighted by Gasteiger charge is -2.33. The van der Waals surface area contributed by atoms with Gasteiger partial charge in [0, 0.05) is 55.7 Å². The van der Waals surface area contributed by atoms with Gasteiger partial charge in [0.05, 0.1) is 6.54 Å². The normalized spacial score (nSPS) is 17.9. The molecule has 0 unspecified atom stereocenters. The summed E-state index contributed by atoms with van der Waals surface area (Å²) in [5.74, 6) is 0.505. The molecule has 4 N–H and O–H groups in total. The molecule has 0 aliphatic carbocycles. The summed E-state index contributed by atoms with van der Waals surface area (Å²) in [6, 6.07) is 12.7. The molecule has 2 aromatic rings. The highest BCUT2D eigenvalue weighted by molar-refractivity contribution is 6.35. The van der Waals surface area contributed by atoms with Gasteiger partial charge in [-0.15, -0.1) is 0 Å². The monoisotopic (exact) mass is 559 g/mol. The molecule has 0 aromatic heterocycles. The predicted octanol–water partition coefficient (Wildman–Crippen LogP) is 4.05. The Hall–Kier alpha value is -2.16. The minimum Gasteiger partial charge on any atom is -0.356 e. The van der Waals surface area contributed by atoms with E-state index in [1.165, 1.54) is 11.1 Å². The number of carbonyl (C=O) groups is 2. The number of hydrogen-bond donors (Lipinski definition) is 3. The van der Waals surface area contributed by atoms with Crippen molar-refractivity contribution in [3.63, 3.8) is 0 Å². The van der Waals surface area contributed by atoms with Crippen LogP contribution >= 0.6 is 23.2 Å². The molecular formula is C29H39Cl2N5O2. The summed E-state index contributed by atoms with van der Waals surface area (Å²) >= 11 is 12.7. The van der Waals surface area contributed by atoms with Crippen molar-refractivity contribution < 1.29 is 9.59 Å². The van der Waals surface area contributed by atoms with Crippen molar-refractivity contribution in [1.29, 1.82) is 0 Å². The van der Waals surface area contributed by atoms with E-state index in [0.717, 1.165) is 82.6 Å². The van der Waals surface area contributed by atoms with E-state index in [9.17, 15) is 9.59 Å². The van der Waals surface area contributed by atoms with Crippen molar-refractivity contribution >= 4 is 35.0 Å². The molecule has 0 radical (unpaired) electrons. The molecule has 2 aromatic carbocycles. The number of benzene rings is 2. The summed E-state index contributed by atoms with van der Waals surface area (Å²) in [7, 11) is 0. The Labute approximate surface area is 236 Å². The molecule has 206 valence electrons. The van der Waals surface area contributed by atoms with Gasteiger partial charge in [0.25, 0.3) is 0 Å². The van der Waals surface area contributed by atoms with E-state index in [1.54, 1.807) is 13.0 Å². The number of amides is 2. The summed E-state index contributed by atoms with van der Waals surface area (Å²) in [5.41, 5.74) is 10.1. The third-order valence-corrected chi connectivity index (χ3v) is 7.98. The van der Waals surface area contributed by atoms with E-state index in [1.807, 2.05) is 12.1 Å². The van der Waals surface area contributed by atoms with Crippen LogP contribution in [0.5, 0.6) is 0 Å². The van der Waals surface area contributed by atoms with Crippen LogP contribution in [-0.2, 0) is 22.7 Å². The predicted molar refractivity (Wildman–Crippen MR) is 154 cm³/mol. The van der Waals surface area contributed by atoms with Gasteiger partial charge in [0.2, 0.25) is 11.8 Å². The molecule has 38 heavy (non-hydrogen) atoms. The molecule has 2 heterocycles. The van der Waals surface area contributed by atoms with Crippen LogP contribution in [0.15, 0.2) is 36.4 Å². The Bertz CT molecular complexity index is 1090. The van der Waals surface area contributed by atoms with Gasteiger partial charge in [-0.2, -0.15) is 0 Å². The van der Waals surface area contributed by atoms with Crippen LogP contribution in [0.4, 0.5) is 0 Å². The van der Waals surface area contributed by atoms with Crippen LogP contribution in [0.25, 0.3) is 11.1 Å². The first-order chi connectivity index (χ1) is 18.3. The first-order valence-corrected chi connectivity index (χ1v) is 14.3. The third kappa shape index (κ3) is 8.68. The topological polar surface area (TPSA) is 90.7 Å². The molecule has 0 spiro atoms. The largest absolute Gasteiger partial charge is 0.356 e. The number of carbonyl (C=O) groups excluding carboxylic acids is 2. The highest BCUT2D eigenvalue weighted by Crippen LogP contribution is 2.30. The van der Waals surface area contributed by atoms with Crippen LogP contribution in [0.3, 0.4) is 0 Å². The molecule has 2 aliphatic heterocycles. The van der Waals surface area contributed by atoms with E-state index in [4.69, 9.17) is 28.9 Å². The van der Waals surface area contributed by atoms with Crippen LogP contribution in [0.2, 0.25) is 10.0 Å². The molecule has 2 aliphatic rings. The summed E-state index contributed by atoms with van der Waals surface area (Å²) in [6.45, 7) is 8.03. The minimum absolute atomic E-state index is 0.0380. The zero-order valence-electron chi connectivity index (χ0n) is 22.1. The van der Waals surface area contributed by atoms with Crippen molar-refractivity contribution in [2.75, 3.05) is 39.3 Å². The number of nitrogens with zero attached hydrogens (tertiary/aromatic N) is 2. The molecule has 7 nitrogen and oxygen atoms in total. The lowest BCUT2D eigenvalue weighted by Crippen LogP contribution is -2.46. The zero-order chi connectivity index (χ0) is 27.1. The van der Waals surface area contributed by atoms with Crippen LogP contribution in [0, 0.1) is 5.92 Å². The van der Waals surface area contributed by atoms with Crippen LogP contribution < -0.4 is 16.4 Å². The Morgan fingerprint density at radius 3 is 1.89 bits per heavy atom. The van der Waals surface area contributed by atoms with Crippen molar-refractivity contribution in [2.45, 2.75) is 51.7 Å². The minimum atomic E-state index is -0.0832. The summed E-state index contributed by atoms with van der Waals surface area (Å²) in [6.07, 6.45) is 4.03. The van der Waals surface area contributed by atoms with E-state index in [0.29, 0.717) is 16.0 Å². The lowest BCUT2D eigenvalue weighted by atomic mass is 9.95. The second-order valence-corrected chi connectivity index (χ2v) is 11.5. The van der Waals surface area contributed by atoms with E-state index in [2.05, 4.69) is 38.6 Å². The lowest BCUT2D eigenvalue weighted by molar-refractivity contribution is -0.121. The first-order valence-electron chi connectivity index (χ1n) is 13.6. The zero-order valence-corrected chi connectivity index (χ0v) is 23.7. The number of hydrogen-bond acceptors (Lipinski definition) is 5. The van der Waals surface area contributed by atoms with Crippen molar-refractivity contribution in [3.05, 3.63) is 57.6 Å². The number of likely N-dealkylation sites (tertiary alicyclic amines) is 2. The number of rotatable bonds is 9. The molecule has 9 heteroatoms. The second kappa shape index (κ2) is 13.8. The maximum Gasteiger partial charge on any atom is 0.233 e. The number of piperidine rings is 2. The van der Waals surface area contributed by atoms with Gasteiger partial charge in [0.1, 0.15) is 0 Å². The number of halogens is 2. The SMILES string of the molecule is CC(=O)NCC1CCN(Cc2cc(CN3CCC(NC(=O)CN)CC3)cc(-c3cc(Cl)cc(Cl)c3)c2)CC1. The Morgan fingerprint density at radius 1 is 0.842 bits per heavy atom. The van der Waals surface area contributed by atoms with E-state index >= 15 is 0 Å². The maximum atomic E-state index is 11.7. The van der Waals surface area contributed by atoms with Crippen molar-refractivity contribution in [1.82, 2.24) is 20.4 Å². The third-order valence-electron chi connectivity index (χ3n) is 7.55. The molecule has 0 atom stereocenters. The number of nitrogens with one attached hydrogen (secondary N) is 2. The highest BCUT2D eigenvalue weighted by Gasteiger charge is 2.22. The average Bonchev–Trinajstić information content (AvgIpc) is 2.88. The molecule has 2 fully saturated rings. The molecule has 0 saturated carbocycles. The second-order valence-electron chi connectivity index (χ2n) is 10.7. The molecule has 4 rings (SSSR count). The summed E-state index contributed by atoms with van der Waals surface area (Å²) in [4.78, 5) is 27.9. The van der Waals surface area contributed by atoms with Crippen molar-refractivity contribution in [2.24, 2.45) is 11.7 Å². The van der Waals surface area contributed by atoms with Crippen molar-refractivity contribution in [3.8, 4) is 11.1 Å². The van der Waals surface area contributed by atoms with Gasteiger partial charge >= 0.3 is 0 Å². The van der Waals surface area contributed by atoms with Gasteiger partial charge < -0.3 is 16.4 Å². The Kier molecular flexibility index (Phi) is 10.4. The Balaban J connectivity index is 1.45. The van der Waals surface area contributed by atoms with Gasteiger partial charge in [-0.1, -0.05) is 29.3 Å². The quantitative estimate of drug-likeness (QED) is 0.431. The average molecular weight is 561 g/mol.